The van der Waals surface area contributed by atoms with Crippen molar-refractivity contribution in [1.29, 1.82) is 5.26 Å². The highest BCUT2D eigenvalue weighted by molar-refractivity contribution is 7.99. The highest BCUT2D eigenvalue weighted by atomic mass is 32.2. The van der Waals surface area contributed by atoms with Crippen LogP contribution in [0, 0.1) is 18.3 Å². The summed E-state index contributed by atoms with van der Waals surface area (Å²) < 4.78 is 7.87. The van der Waals surface area contributed by atoms with E-state index in [9.17, 15) is 10.1 Å². The molecule has 0 saturated heterocycles. The van der Waals surface area contributed by atoms with Gasteiger partial charge in [0.05, 0.1) is 11.3 Å². The largest absolute Gasteiger partial charge is 0.485 e. The Morgan fingerprint density at radius 3 is 2.91 bits per heavy atom. The number of hydrogen-bond donors (Lipinski definition) is 1. The number of fused-ring (bicyclic) bond motifs is 1. The van der Waals surface area contributed by atoms with Gasteiger partial charge in [-0.3, -0.25) is 4.79 Å². The Morgan fingerprint density at radius 1 is 1.31 bits per heavy atom. The van der Waals surface area contributed by atoms with Gasteiger partial charge in [-0.25, -0.2) is 0 Å². The number of benzene rings is 1. The molecule has 0 fully saturated rings. The fraction of sp³-hybridized carbons (Fsp3) is 0.391. The Kier molecular flexibility index (Phi) is 7.12. The molecule has 32 heavy (non-hydrogen) atoms. The monoisotopic (exact) mass is 467 g/mol. The van der Waals surface area contributed by atoms with E-state index in [1.807, 2.05) is 42.7 Å². The standard InChI is InChI=1S/C23H25N5O2S2/c1-3-28-20(13-30-18-10-6-4-8-15(18)2)26-27-23(28)31-14-21(29)25-22-17(12-24)16-9-5-7-11-19(16)32-22/h4,6,8,10H,3,5,7,9,11,13-14H2,1-2H3,(H,25,29). The van der Waals surface area contributed by atoms with Crippen LogP contribution < -0.4 is 10.1 Å². The molecule has 1 N–H and O–H groups in total. The lowest BCUT2D eigenvalue weighted by molar-refractivity contribution is -0.113. The molecule has 1 aliphatic carbocycles. The highest BCUT2D eigenvalue weighted by Crippen LogP contribution is 2.37. The number of thioether (sulfide) groups is 1. The first-order valence-electron chi connectivity index (χ1n) is 10.7. The van der Waals surface area contributed by atoms with Crippen LogP contribution in [0.4, 0.5) is 5.00 Å². The summed E-state index contributed by atoms with van der Waals surface area (Å²) in [4.78, 5) is 13.8. The zero-order valence-electron chi connectivity index (χ0n) is 18.2. The Labute approximate surface area is 195 Å². The van der Waals surface area contributed by atoms with Gasteiger partial charge in [0.2, 0.25) is 5.91 Å². The average molecular weight is 468 g/mol. The number of nitrogens with zero attached hydrogens (tertiary/aromatic N) is 4. The van der Waals surface area contributed by atoms with Crippen molar-refractivity contribution >= 4 is 34.0 Å². The number of aryl methyl sites for hydroxylation is 2. The van der Waals surface area contributed by atoms with Crippen LogP contribution >= 0.6 is 23.1 Å². The molecule has 0 spiro atoms. The van der Waals surface area contributed by atoms with Crippen LogP contribution in [0.25, 0.3) is 0 Å². The number of aromatic nitrogens is 3. The minimum absolute atomic E-state index is 0.145. The molecule has 1 aliphatic rings. The molecule has 0 atom stereocenters. The van der Waals surface area contributed by atoms with E-state index >= 15 is 0 Å². The number of thiophene rings is 1. The number of nitrogens with one attached hydrogen (secondary N) is 1. The summed E-state index contributed by atoms with van der Waals surface area (Å²) in [7, 11) is 0. The maximum atomic E-state index is 12.6. The van der Waals surface area contributed by atoms with Crippen LogP contribution in [0.2, 0.25) is 0 Å². The van der Waals surface area contributed by atoms with Crippen molar-refractivity contribution in [3.63, 3.8) is 0 Å². The van der Waals surface area contributed by atoms with Gasteiger partial charge < -0.3 is 14.6 Å². The second-order valence-electron chi connectivity index (χ2n) is 7.56. The summed E-state index contributed by atoms with van der Waals surface area (Å²) >= 11 is 2.88. The number of hydrogen-bond acceptors (Lipinski definition) is 7. The normalized spacial score (nSPS) is 12.8. The molecular formula is C23H25N5O2S2. The molecule has 166 valence electrons. The summed E-state index contributed by atoms with van der Waals surface area (Å²) in [5.74, 6) is 1.59. The lowest BCUT2D eigenvalue weighted by atomic mass is 9.96. The first-order valence-corrected chi connectivity index (χ1v) is 12.5. The van der Waals surface area contributed by atoms with E-state index in [2.05, 4.69) is 21.6 Å². The summed E-state index contributed by atoms with van der Waals surface area (Å²) in [6.07, 6.45) is 4.16. The van der Waals surface area contributed by atoms with Crippen LogP contribution in [0.15, 0.2) is 29.4 Å². The molecule has 9 heteroatoms. The number of carbonyl (C=O) groups excluding carboxylic acids is 1. The van der Waals surface area contributed by atoms with E-state index in [-0.39, 0.29) is 11.7 Å². The Balaban J connectivity index is 1.38. The predicted octanol–water partition coefficient (Wildman–Crippen LogP) is 4.73. The van der Waals surface area contributed by atoms with Crippen LogP contribution in [0.1, 0.15) is 47.2 Å². The third kappa shape index (κ3) is 4.81. The molecule has 7 nitrogen and oxygen atoms in total. The SMILES string of the molecule is CCn1c(COc2ccccc2C)nnc1SCC(=O)Nc1sc2c(c1C#N)CCCC2. The summed E-state index contributed by atoms with van der Waals surface area (Å²) in [5.41, 5.74) is 2.82. The first kappa shape index (κ1) is 22.4. The molecule has 0 saturated carbocycles. The van der Waals surface area contributed by atoms with Crippen molar-refractivity contribution in [1.82, 2.24) is 14.8 Å². The van der Waals surface area contributed by atoms with Gasteiger partial charge in [-0.05, 0) is 56.7 Å². The van der Waals surface area contributed by atoms with Gasteiger partial charge in [-0.15, -0.1) is 21.5 Å². The quantitative estimate of drug-likeness (QED) is 0.482. The molecule has 3 aromatic rings. The van der Waals surface area contributed by atoms with E-state index in [0.29, 0.717) is 28.9 Å². The maximum absolute atomic E-state index is 12.6. The van der Waals surface area contributed by atoms with Gasteiger partial charge >= 0.3 is 0 Å². The Hall–Kier alpha value is -2.83. The third-order valence-electron chi connectivity index (χ3n) is 5.43. The van der Waals surface area contributed by atoms with Crippen molar-refractivity contribution < 1.29 is 9.53 Å². The Morgan fingerprint density at radius 2 is 2.12 bits per heavy atom. The van der Waals surface area contributed by atoms with Crippen molar-refractivity contribution in [3.05, 3.63) is 51.7 Å². The molecule has 0 unspecified atom stereocenters. The molecule has 0 bridgehead atoms. The van der Waals surface area contributed by atoms with Crippen LogP contribution in [-0.4, -0.2) is 26.4 Å². The van der Waals surface area contributed by atoms with E-state index in [1.165, 1.54) is 16.6 Å². The smallest absolute Gasteiger partial charge is 0.235 e. The zero-order chi connectivity index (χ0) is 22.5. The fourth-order valence-electron chi connectivity index (χ4n) is 3.78. The average Bonchev–Trinajstić information content (AvgIpc) is 3.36. The molecular weight excluding hydrogens is 442 g/mol. The van der Waals surface area contributed by atoms with Crippen molar-refractivity contribution in [2.45, 2.75) is 57.8 Å². The third-order valence-corrected chi connectivity index (χ3v) is 7.60. The van der Waals surface area contributed by atoms with Crippen molar-refractivity contribution in [2.75, 3.05) is 11.1 Å². The minimum Gasteiger partial charge on any atom is -0.485 e. The number of nitriles is 1. The second kappa shape index (κ2) is 10.2. The first-order chi connectivity index (χ1) is 15.6. The second-order valence-corrected chi connectivity index (χ2v) is 9.61. The van der Waals surface area contributed by atoms with Crippen molar-refractivity contribution in [2.24, 2.45) is 0 Å². The Bertz CT molecular complexity index is 1160. The number of amides is 1. The molecule has 0 aliphatic heterocycles. The van der Waals surface area contributed by atoms with Crippen LogP contribution in [0.5, 0.6) is 5.75 Å². The van der Waals surface area contributed by atoms with Crippen LogP contribution in [-0.2, 0) is 30.8 Å². The van der Waals surface area contributed by atoms with Gasteiger partial charge in [0, 0.05) is 11.4 Å². The number of anilines is 1. The van der Waals surface area contributed by atoms with E-state index in [0.717, 1.165) is 48.4 Å². The maximum Gasteiger partial charge on any atom is 0.235 e. The molecule has 2 aromatic heterocycles. The number of para-hydroxylation sites is 1. The van der Waals surface area contributed by atoms with Crippen LogP contribution in [0.3, 0.4) is 0 Å². The molecule has 0 radical (unpaired) electrons. The summed E-state index contributed by atoms with van der Waals surface area (Å²) in [6, 6.07) is 10.1. The number of rotatable bonds is 8. The van der Waals surface area contributed by atoms with Gasteiger partial charge in [0.1, 0.15) is 23.4 Å². The fourth-order valence-corrected chi connectivity index (χ4v) is 5.85. The summed E-state index contributed by atoms with van der Waals surface area (Å²) in [6.45, 7) is 5.01. The minimum atomic E-state index is -0.145. The van der Waals surface area contributed by atoms with E-state index in [1.54, 1.807) is 11.3 Å². The molecule has 4 rings (SSSR count). The lowest BCUT2D eigenvalue weighted by Crippen LogP contribution is -2.15. The zero-order valence-corrected chi connectivity index (χ0v) is 19.8. The van der Waals surface area contributed by atoms with Crippen molar-refractivity contribution in [3.8, 4) is 11.8 Å². The highest BCUT2D eigenvalue weighted by Gasteiger charge is 2.22. The summed E-state index contributed by atoms with van der Waals surface area (Å²) in [5, 5.41) is 22.4. The number of carbonyl (C=O) groups is 1. The number of ether oxygens (including phenoxy) is 1. The van der Waals surface area contributed by atoms with Gasteiger partial charge in [0.15, 0.2) is 11.0 Å². The van der Waals surface area contributed by atoms with Gasteiger partial charge in [-0.2, -0.15) is 5.26 Å². The predicted molar refractivity (Wildman–Crippen MR) is 126 cm³/mol. The molecule has 2 heterocycles. The lowest BCUT2D eigenvalue weighted by Gasteiger charge is -2.10. The van der Waals surface area contributed by atoms with Gasteiger partial charge in [-0.1, -0.05) is 30.0 Å². The molecule has 1 aromatic carbocycles. The van der Waals surface area contributed by atoms with E-state index in [4.69, 9.17) is 4.74 Å². The van der Waals surface area contributed by atoms with Gasteiger partial charge in [0.25, 0.3) is 0 Å². The topological polar surface area (TPSA) is 92.8 Å². The van der Waals surface area contributed by atoms with E-state index < -0.39 is 0 Å². The molecule has 1 amide bonds.